The second kappa shape index (κ2) is 18.2. The number of aliphatic hydroxyl groups excluding tert-OH is 2. The van der Waals surface area contributed by atoms with Crippen molar-refractivity contribution in [1.82, 2.24) is 10.7 Å². The van der Waals surface area contributed by atoms with E-state index >= 15 is 0 Å². The average Bonchev–Trinajstić information content (AvgIpc) is 3.56. The van der Waals surface area contributed by atoms with Gasteiger partial charge in [0.2, 0.25) is 0 Å². The van der Waals surface area contributed by atoms with Crippen molar-refractivity contribution in [2.75, 3.05) is 13.2 Å². The number of hydrogen-bond acceptors (Lipinski definition) is 8. The Morgan fingerprint density at radius 2 is 1.50 bits per heavy atom. The second-order valence-electron chi connectivity index (χ2n) is 12.5. The van der Waals surface area contributed by atoms with E-state index in [1.165, 1.54) is 89.9 Å². The van der Waals surface area contributed by atoms with Gasteiger partial charge >= 0.3 is 0 Å². The first kappa shape index (κ1) is 32.2. The van der Waals surface area contributed by atoms with Crippen LogP contribution in [0.4, 0.5) is 0 Å². The summed E-state index contributed by atoms with van der Waals surface area (Å²) in [6.07, 6.45) is 22.1. The normalized spacial score (nSPS) is 28.6. The summed E-state index contributed by atoms with van der Waals surface area (Å²) < 4.78 is 6.30. The van der Waals surface area contributed by atoms with Crippen LogP contribution in [0.3, 0.4) is 0 Å². The third-order valence-corrected chi connectivity index (χ3v) is 9.62. The van der Waals surface area contributed by atoms with E-state index < -0.39 is 6.29 Å². The summed E-state index contributed by atoms with van der Waals surface area (Å²) in [5.74, 6) is 2.55. The molecule has 0 amide bonds. The maximum absolute atomic E-state index is 10.8. The van der Waals surface area contributed by atoms with Gasteiger partial charge < -0.3 is 14.9 Å². The summed E-state index contributed by atoms with van der Waals surface area (Å²) in [6.45, 7) is 3.03. The Bertz CT molecular complexity index is 605. The van der Waals surface area contributed by atoms with E-state index in [4.69, 9.17) is 20.0 Å². The van der Waals surface area contributed by atoms with Crippen LogP contribution in [0.5, 0.6) is 0 Å². The molecule has 0 spiro atoms. The predicted octanol–water partition coefficient (Wildman–Crippen LogP) is 6.16. The molecule has 224 valence electrons. The first-order chi connectivity index (χ1) is 18.5. The summed E-state index contributed by atoms with van der Waals surface area (Å²) in [7, 11) is 0. The number of hydrogen-bond donors (Lipinski definition) is 5. The molecule has 7 atom stereocenters. The van der Waals surface area contributed by atoms with E-state index in [1.54, 1.807) is 0 Å². The summed E-state index contributed by atoms with van der Waals surface area (Å²) >= 11 is 0. The van der Waals surface area contributed by atoms with Crippen molar-refractivity contribution in [2.45, 2.75) is 148 Å². The Labute approximate surface area is 231 Å². The van der Waals surface area contributed by atoms with Gasteiger partial charge in [0.25, 0.3) is 0 Å². The van der Waals surface area contributed by atoms with Crippen molar-refractivity contribution in [3.8, 4) is 0 Å². The number of nitrogens with zero attached hydrogens (tertiary/aromatic N) is 1. The van der Waals surface area contributed by atoms with Gasteiger partial charge in [0.1, 0.15) is 6.23 Å². The fourth-order valence-corrected chi connectivity index (χ4v) is 7.16. The van der Waals surface area contributed by atoms with Crippen molar-refractivity contribution in [1.29, 1.82) is 0 Å². The van der Waals surface area contributed by atoms with E-state index in [9.17, 15) is 10.2 Å². The maximum Gasteiger partial charge on any atom is 0.158 e. The van der Waals surface area contributed by atoms with Gasteiger partial charge in [-0.1, -0.05) is 84.0 Å². The highest BCUT2D eigenvalue weighted by Crippen LogP contribution is 2.43. The maximum atomic E-state index is 10.8. The molecule has 0 aromatic carbocycles. The summed E-state index contributed by atoms with van der Waals surface area (Å²) in [5.41, 5.74) is 0. The van der Waals surface area contributed by atoms with Crippen molar-refractivity contribution in [2.24, 2.45) is 29.6 Å². The van der Waals surface area contributed by atoms with Gasteiger partial charge in [-0.25, -0.2) is 0 Å². The fraction of sp³-hybridized carbons (Fsp3) is 1.00. The highest BCUT2D eigenvalue weighted by Gasteiger charge is 2.44. The molecule has 0 aliphatic heterocycles. The molecule has 8 nitrogen and oxygen atoms in total. The zero-order chi connectivity index (χ0) is 27.2. The molecule has 3 rings (SSSR count). The minimum atomic E-state index is -0.795. The van der Waals surface area contributed by atoms with E-state index in [2.05, 4.69) is 5.32 Å². The molecular formula is C30H58N2O6. The highest BCUT2D eigenvalue weighted by molar-refractivity contribution is 4.88. The summed E-state index contributed by atoms with van der Waals surface area (Å²) in [6, 6.07) is 0. The van der Waals surface area contributed by atoms with Gasteiger partial charge in [-0.2, -0.15) is 0 Å². The summed E-state index contributed by atoms with van der Waals surface area (Å²) in [4.78, 5) is 4.74. The van der Waals surface area contributed by atoms with Gasteiger partial charge in [-0.05, 0) is 75.2 Å². The van der Waals surface area contributed by atoms with Gasteiger partial charge in [0.15, 0.2) is 6.29 Å². The highest BCUT2D eigenvalue weighted by atomic mass is 17.1. The van der Waals surface area contributed by atoms with Gasteiger partial charge in [0.05, 0.1) is 18.1 Å². The van der Waals surface area contributed by atoms with Crippen LogP contribution in [0.1, 0.15) is 129 Å². The number of unbranched alkanes of at least 4 members (excludes halogenated alkanes) is 3. The molecule has 3 aliphatic carbocycles. The molecule has 3 unspecified atom stereocenters. The molecule has 0 radical (unpaired) electrons. The molecule has 3 saturated carbocycles. The van der Waals surface area contributed by atoms with Gasteiger partial charge in [-0.15, -0.1) is 0 Å². The number of ether oxygens (including phenoxy) is 1. The minimum Gasteiger partial charge on any atom is -0.379 e. The number of aliphatic hydroxyl groups is 2. The zero-order valence-electron chi connectivity index (χ0n) is 24.0. The molecule has 0 heterocycles. The average molecular weight is 543 g/mol. The van der Waals surface area contributed by atoms with E-state index in [0.717, 1.165) is 56.4 Å². The third-order valence-electron chi connectivity index (χ3n) is 9.62. The van der Waals surface area contributed by atoms with Crippen LogP contribution in [0.2, 0.25) is 0 Å². The summed E-state index contributed by atoms with van der Waals surface area (Å²) in [5, 5.41) is 41.0. The Hall–Kier alpha value is -0.320. The van der Waals surface area contributed by atoms with E-state index in [1.807, 2.05) is 6.92 Å². The van der Waals surface area contributed by atoms with Crippen LogP contribution in [0.15, 0.2) is 0 Å². The smallest absolute Gasteiger partial charge is 0.158 e. The molecule has 3 fully saturated rings. The van der Waals surface area contributed by atoms with Crippen LogP contribution >= 0.6 is 0 Å². The Kier molecular flexibility index (Phi) is 15.4. The van der Waals surface area contributed by atoms with Gasteiger partial charge in [0, 0.05) is 5.92 Å². The van der Waals surface area contributed by atoms with Crippen molar-refractivity contribution in [3.63, 3.8) is 0 Å². The Morgan fingerprint density at radius 1 is 0.789 bits per heavy atom. The first-order valence-corrected chi connectivity index (χ1v) is 16.0. The van der Waals surface area contributed by atoms with E-state index in [0.29, 0.717) is 0 Å². The lowest BCUT2D eigenvalue weighted by atomic mass is 9.83. The molecule has 5 N–H and O–H groups in total. The van der Waals surface area contributed by atoms with Crippen molar-refractivity contribution in [3.05, 3.63) is 0 Å². The first-order valence-electron chi connectivity index (χ1n) is 16.0. The van der Waals surface area contributed by atoms with Crippen LogP contribution in [-0.4, -0.2) is 57.8 Å². The number of rotatable bonds is 21. The lowest BCUT2D eigenvalue weighted by Gasteiger charge is -2.28. The zero-order valence-corrected chi connectivity index (χ0v) is 24.0. The monoisotopic (exact) mass is 542 g/mol. The largest absolute Gasteiger partial charge is 0.379 e. The van der Waals surface area contributed by atoms with Crippen molar-refractivity contribution >= 4 is 0 Å². The van der Waals surface area contributed by atoms with Crippen LogP contribution < -0.4 is 5.32 Å². The minimum absolute atomic E-state index is 0.0187. The predicted molar refractivity (Wildman–Crippen MR) is 147 cm³/mol. The van der Waals surface area contributed by atoms with Gasteiger partial charge in [-0.3, -0.25) is 20.6 Å². The molecule has 38 heavy (non-hydrogen) atoms. The number of nitrogens with one attached hydrogen (secondary N) is 1. The fourth-order valence-electron chi connectivity index (χ4n) is 7.16. The van der Waals surface area contributed by atoms with Crippen LogP contribution in [0.25, 0.3) is 0 Å². The Morgan fingerprint density at radius 3 is 2.24 bits per heavy atom. The Balaban J connectivity index is 1.38. The molecular weight excluding hydrogens is 484 g/mol. The molecule has 0 bridgehead atoms. The third kappa shape index (κ3) is 12.5. The molecule has 8 heteroatoms. The molecule has 0 aromatic heterocycles. The van der Waals surface area contributed by atoms with Crippen LogP contribution in [-0.2, 0) is 9.57 Å². The van der Waals surface area contributed by atoms with E-state index in [-0.39, 0.29) is 36.2 Å². The van der Waals surface area contributed by atoms with Crippen molar-refractivity contribution < 1.29 is 30.2 Å². The molecule has 0 aromatic rings. The lowest BCUT2D eigenvalue weighted by Crippen LogP contribution is -2.27. The molecule has 3 aliphatic rings. The SMILES string of the molecule is CCNC(O)CCCCCC[C@H]1CCC[C@@H]1CC[C@H](CCC1CCCCC1)OC(O)C1C[C@@H]1CON(O)O. The molecule has 0 saturated heterocycles. The topological polar surface area (TPSA) is 115 Å². The quantitative estimate of drug-likeness (QED) is 0.0665. The second-order valence-corrected chi connectivity index (χ2v) is 12.5. The lowest BCUT2D eigenvalue weighted by molar-refractivity contribution is -0.493. The van der Waals surface area contributed by atoms with Crippen LogP contribution in [0, 0.1) is 29.6 Å². The standard InChI is InChI=1S/C30H58N2O6/c1-2-31-29(33)16-9-4-3-8-13-24-14-10-15-25(24)18-20-27(19-17-23-11-6-5-7-12-23)38-30(34)28-21-26(28)22-37-32(35)36/h23-31,33-36H,2-22H2,1H3/t24-,25+,26+,27-,28?,29?,30?/m0/s1.